The van der Waals surface area contributed by atoms with Crippen molar-refractivity contribution in [1.82, 2.24) is 20.0 Å². The molecular formula is C21H30ClN5O2. The Bertz CT molecular complexity index is 783. The van der Waals surface area contributed by atoms with Gasteiger partial charge in [-0.2, -0.15) is 5.10 Å². The zero-order valence-corrected chi connectivity index (χ0v) is 17.7. The van der Waals surface area contributed by atoms with E-state index >= 15 is 0 Å². The number of piperidine rings is 1. The average molecular weight is 420 g/mol. The van der Waals surface area contributed by atoms with Crippen molar-refractivity contribution in [3.63, 3.8) is 0 Å². The summed E-state index contributed by atoms with van der Waals surface area (Å²) in [6, 6.07) is 10.6. The molecule has 29 heavy (non-hydrogen) atoms. The van der Waals surface area contributed by atoms with Gasteiger partial charge in [-0.05, 0) is 50.1 Å². The summed E-state index contributed by atoms with van der Waals surface area (Å²) in [5.74, 6) is -0.170. The van der Waals surface area contributed by atoms with Gasteiger partial charge in [-0.3, -0.25) is 14.4 Å². The molecule has 158 valence electrons. The van der Waals surface area contributed by atoms with E-state index in [0.717, 1.165) is 57.9 Å². The normalized spacial score (nSPS) is 21.2. The number of rotatable bonds is 5. The summed E-state index contributed by atoms with van der Waals surface area (Å²) in [5, 5.41) is 10.8. The molecule has 2 atom stereocenters. The molecule has 0 aliphatic carbocycles. The number of ether oxygens (including phenoxy) is 1. The summed E-state index contributed by atoms with van der Waals surface area (Å²) in [6.07, 6.45) is 4.14. The molecule has 4 rings (SSSR count). The van der Waals surface area contributed by atoms with Crippen LogP contribution >= 0.6 is 12.4 Å². The molecule has 0 bridgehead atoms. The standard InChI is InChI=1S/C21H29N5O2.ClH/c1-16(25-11-13-28-14-12-25)17-4-6-18(7-5-17)23-21(27)20-8-10-26(24-20)19-3-2-9-22-15-19;/h4-8,10,16,19,22H,2-3,9,11-15H2,1H3,(H,23,27);1H. The lowest BCUT2D eigenvalue weighted by Crippen LogP contribution is -2.37. The van der Waals surface area contributed by atoms with Crippen LogP contribution in [0.3, 0.4) is 0 Å². The lowest BCUT2D eigenvalue weighted by molar-refractivity contribution is 0.0198. The fraction of sp³-hybridized carbons (Fsp3) is 0.524. The third-order valence-corrected chi connectivity index (χ3v) is 5.73. The summed E-state index contributed by atoms with van der Waals surface area (Å²) in [5.41, 5.74) is 2.49. The van der Waals surface area contributed by atoms with E-state index in [4.69, 9.17) is 4.74 Å². The van der Waals surface area contributed by atoms with Crippen molar-refractivity contribution in [3.8, 4) is 0 Å². The van der Waals surface area contributed by atoms with E-state index in [1.807, 2.05) is 23.0 Å². The molecule has 2 fully saturated rings. The van der Waals surface area contributed by atoms with Crippen LogP contribution in [0, 0.1) is 0 Å². The Morgan fingerprint density at radius 1 is 1.24 bits per heavy atom. The first-order valence-corrected chi connectivity index (χ1v) is 10.2. The van der Waals surface area contributed by atoms with Gasteiger partial charge in [0.2, 0.25) is 0 Å². The number of nitrogens with zero attached hydrogens (tertiary/aromatic N) is 3. The van der Waals surface area contributed by atoms with Crippen molar-refractivity contribution < 1.29 is 9.53 Å². The molecule has 3 heterocycles. The summed E-state index contributed by atoms with van der Waals surface area (Å²) in [6.45, 7) is 7.68. The molecule has 1 amide bonds. The van der Waals surface area contributed by atoms with Gasteiger partial charge in [-0.15, -0.1) is 12.4 Å². The van der Waals surface area contributed by atoms with Crippen molar-refractivity contribution in [2.24, 2.45) is 0 Å². The van der Waals surface area contributed by atoms with Crippen LogP contribution in [0.15, 0.2) is 36.5 Å². The largest absolute Gasteiger partial charge is 0.379 e. The van der Waals surface area contributed by atoms with E-state index < -0.39 is 0 Å². The maximum atomic E-state index is 12.6. The first-order chi connectivity index (χ1) is 13.7. The molecule has 2 N–H and O–H groups in total. The number of anilines is 1. The second kappa shape index (κ2) is 10.2. The Morgan fingerprint density at radius 2 is 2.00 bits per heavy atom. The van der Waals surface area contributed by atoms with Crippen molar-refractivity contribution in [3.05, 3.63) is 47.8 Å². The number of amides is 1. The predicted molar refractivity (Wildman–Crippen MR) is 116 cm³/mol. The number of halogens is 1. The zero-order valence-electron chi connectivity index (χ0n) is 16.8. The highest BCUT2D eigenvalue weighted by Gasteiger charge is 2.19. The highest BCUT2D eigenvalue weighted by molar-refractivity contribution is 6.02. The van der Waals surface area contributed by atoms with Crippen LogP contribution in [-0.4, -0.2) is 60.0 Å². The second-order valence-electron chi connectivity index (χ2n) is 7.58. The number of benzene rings is 1. The molecular weight excluding hydrogens is 390 g/mol. The summed E-state index contributed by atoms with van der Waals surface area (Å²) >= 11 is 0. The van der Waals surface area contributed by atoms with Crippen molar-refractivity contribution in [1.29, 1.82) is 0 Å². The fourth-order valence-corrected chi connectivity index (χ4v) is 3.94. The Balaban J connectivity index is 0.00000240. The van der Waals surface area contributed by atoms with E-state index in [0.29, 0.717) is 17.8 Å². The smallest absolute Gasteiger partial charge is 0.276 e. The summed E-state index contributed by atoms with van der Waals surface area (Å²) in [4.78, 5) is 15.0. The minimum atomic E-state index is -0.170. The van der Waals surface area contributed by atoms with Gasteiger partial charge >= 0.3 is 0 Å². The van der Waals surface area contributed by atoms with Gasteiger partial charge in [0.1, 0.15) is 0 Å². The molecule has 2 aromatic rings. The minimum Gasteiger partial charge on any atom is -0.379 e. The van der Waals surface area contributed by atoms with Gasteiger partial charge in [-0.25, -0.2) is 0 Å². The number of hydrogen-bond donors (Lipinski definition) is 2. The van der Waals surface area contributed by atoms with E-state index in [1.165, 1.54) is 5.56 Å². The third-order valence-electron chi connectivity index (χ3n) is 5.73. The highest BCUT2D eigenvalue weighted by Crippen LogP contribution is 2.23. The van der Waals surface area contributed by atoms with Gasteiger partial charge < -0.3 is 15.4 Å². The number of aromatic nitrogens is 2. The van der Waals surface area contributed by atoms with E-state index in [1.54, 1.807) is 6.07 Å². The molecule has 1 aromatic heterocycles. The van der Waals surface area contributed by atoms with Crippen molar-refractivity contribution >= 4 is 24.0 Å². The Hall–Kier alpha value is -1.93. The van der Waals surface area contributed by atoms with Crippen molar-refractivity contribution in [2.45, 2.75) is 31.8 Å². The van der Waals surface area contributed by atoms with Crippen LogP contribution in [-0.2, 0) is 4.74 Å². The van der Waals surface area contributed by atoms with Crippen LogP contribution in [0.5, 0.6) is 0 Å². The predicted octanol–water partition coefficient (Wildman–Crippen LogP) is 2.87. The first kappa shape index (κ1) is 21.8. The summed E-state index contributed by atoms with van der Waals surface area (Å²) in [7, 11) is 0. The van der Waals surface area contributed by atoms with Crippen LogP contribution in [0.1, 0.15) is 47.9 Å². The maximum absolute atomic E-state index is 12.6. The fourth-order valence-electron chi connectivity index (χ4n) is 3.94. The molecule has 0 radical (unpaired) electrons. The molecule has 0 saturated carbocycles. The number of carbonyl (C=O) groups excluding carboxylic acids is 1. The van der Waals surface area contributed by atoms with Crippen LogP contribution in [0.4, 0.5) is 5.69 Å². The lowest BCUT2D eigenvalue weighted by Gasteiger charge is -2.32. The van der Waals surface area contributed by atoms with E-state index in [9.17, 15) is 4.79 Å². The molecule has 2 saturated heterocycles. The van der Waals surface area contributed by atoms with Crippen LogP contribution in [0.2, 0.25) is 0 Å². The van der Waals surface area contributed by atoms with E-state index in [2.05, 4.69) is 39.7 Å². The molecule has 7 nitrogen and oxygen atoms in total. The molecule has 2 aliphatic heterocycles. The molecule has 8 heteroatoms. The van der Waals surface area contributed by atoms with Crippen LogP contribution < -0.4 is 10.6 Å². The average Bonchev–Trinajstić information content (AvgIpc) is 3.26. The SMILES string of the molecule is CC(c1ccc(NC(=O)c2ccn(C3CCCNC3)n2)cc1)N1CCOCC1.Cl. The Kier molecular flexibility index (Phi) is 7.66. The van der Waals surface area contributed by atoms with E-state index in [-0.39, 0.29) is 18.3 Å². The van der Waals surface area contributed by atoms with Gasteiger partial charge in [0.15, 0.2) is 5.69 Å². The Morgan fingerprint density at radius 3 is 2.69 bits per heavy atom. The lowest BCUT2D eigenvalue weighted by atomic mass is 10.1. The first-order valence-electron chi connectivity index (χ1n) is 10.2. The summed E-state index contributed by atoms with van der Waals surface area (Å²) < 4.78 is 7.34. The number of carbonyl (C=O) groups is 1. The molecule has 1 aromatic carbocycles. The number of hydrogen-bond acceptors (Lipinski definition) is 5. The molecule has 2 unspecified atom stereocenters. The van der Waals surface area contributed by atoms with Gasteiger partial charge in [0.25, 0.3) is 5.91 Å². The highest BCUT2D eigenvalue weighted by atomic mass is 35.5. The monoisotopic (exact) mass is 419 g/mol. The van der Waals surface area contributed by atoms with Crippen LogP contribution in [0.25, 0.3) is 0 Å². The van der Waals surface area contributed by atoms with Gasteiger partial charge in [0.05, 0.1) is 19.3 Å². The quantitative estimate of drug-likeness (QED) is 0.779. The van der Waals surface area contributed by atoms with Gasteiger partial charge in [-0.1, -0.05) is 12.1 Å². The number of morpholine rings is 1. The molecule has 2 aliphatic rings. The topological polar surface area (TPSA) is 71.4 Å². The Labute approximate surface area is 178 Å². The number of nitrogens with one attached hydrogen (secondary N) is 2. The molecule has 0 spiro atoms. The van der Waals surface area contributed by atoms with Gasteiger partial charge in [0, 0.05) is 37.6 Å². The maximum Gasteiger partial charge on any atom is 0.276 e. The second-order valence-corrected chi connectivity index (χ2v) is 7.58. The van der Waals surface area contributed by atoms with Crippen molar-refractivity contribution in [2.75, 3.05) is 44.7 Å². The minimum absolute atomic E-state index is 0. The third kappa shape index (κ3) is 5.36. The zero-order chi connectivity index (χ0) is 19.3.